The molecule has 0 spiro atoms. The van der Waals surface area contributed by atoms with E-state index in [9.17, 15) is 0 Å². The van der Waals surface area contributed by atoms with Crippen molar-refractivity contribution in [1.82, 2.24) is 24.5 Å². The standard InChI is InChI=1S/C46H27N5S2/c1-3-12-28(13-4-1)43-48-44(29-22-24-33-32-16-7-10-21-39(32)52-41(33)27-29)50-45(49-43)35-18-11-17-34-36-26-30(23-25-40(36)53-42(34)35)46-47-37-19-8-9-20-38(37)51(46)31-14-5-2-6-15-31/h1-27H. The molecule has 0 amide bonds. The van der Waals surface area contributed by atoms with E-state index in [-0.39, 0.29) is 0 Å². The van der Waals surface area contributed by atoms with Gasteiger partial charge in [0.15, 0.2) is 17.5 Å². The summed E-state index contributed by atoms with van der Waals surface area (Å²) < 4.78 is 7.09. The van der Waals surface area contributed by atoms with Crippen molar-refractivity contribution < 1.29 is 0 Å². The summed E-state index contributed by atoms with van der Waals surface area (Å²) in [5, 5.41) is 4.88. The second kappa shape index (κ2) is 12.0. The Morgan fingerprint density at radius 3 is 1.96 bits per heavy atom. The third-order valence-corrected chi connectivity index (χ3v) is 12.2. The number of rotatable bonds is 5. The van der Waals surface area contributed by atoms with Gasteiger partial charge in [0.05, 0.1) is 11.0 Å². The van der Waals surface area contributed by atoms with Gasteiger partial charge in [0.25, 0.3) is 0 Å². The Labute approximate surface area is 312 Å². The first-order chi connectivity index (χ1) is 26.2. The number of thiophene rings is 2. The Kier molecular flexibility index (Phi) is 6.83. The summed E-state index contributed by atoms with van der Waals surface area (Å²) in [5.74, 6) is 2.89. The Morgan fingerprint density at radius 1 is 0.396 bits per heavy atom. The maximum atomic E-state index is 5.19. The SMILES string of the molecule is c1ccc(-c2nc(-c3ccc4c(c3)sc3ccccc34)nc(-c3cccc4c3sc3ccc(-c5nc6ccccc6n5-c5ccccc5)cc34)n2)cc1. The zero-order valence-corrected chi connectivity index (χ0v) is 29.8. The number of para-hydroxylation sites is 3. The predicted octanol–water partition coefficient (Wildman–Crippen LogP) is 12.6. The molecule has 4 aromatic heterocycles. The fraction of sp³-hybridized carbons (Fsp3) is 0. The molecule has 11 rings (SSSR count). The number of aromatic nitrogens is 5. The zero-order chi connectivity index (χ0) is 34.9. The van der Waals surface area contributed by atoms with E-state index >= 15 is 0 Å². The highest BCUT2D eigenvalue weighted by molar-refractivity contribution is 7.26. The highest BCUT2D eigenvalue weighted by atomic mass is 32.1. The number of nitrogens with zero attached hydrogens (tertiary/aromatic N) is 5. The number of benzene rings is 7. The molecule has 0 aliphatic heterocycles. The van der Waals surface area contributed by atoms with Crippen molar-refractivity contribution in [3.8, 4) is 51.2 Å². The Morgan fingerprint density at radius 2 is 1.08 bits per heavy atom. The lowest BCUT2D eigenvalue weighted by atomic mass is 10.1. The van der Waals surface area contributed by atoms with Gasteiger partial charge in [-0.15, -0.1) is 22.7 Å². The van der Waals surface area contributed by atoms with Crippen molar-refractivity contribution in [2.45, 2.75) is 0 Å². The lowest BCUT2D eigenvalue weighted by Gasteiger charge is -2.10. The summed E-state index contributed by atoms with van der Waals surface area (Å²) in [6, 6.07) is 57.3. The summed E-state index contributed by atoms with van der Waals surface area (Å²) in [6.45, 7) is 0. The minimum Gasteiger partial charge on any atom is -0.292 e. The lowest BCUT2D eigenvalue weighted by molar-refractivity contribution is 1.08. The monoisotopic (exact) mass is 713 g/mol. The zero-order valence-electron chi connectivity index (χ0n) is 28.1. The van der Waals surface area contributed by atoms with Crippen LogP contribution in [0.2, 0.25) is 0 Å². The van der Waals surface area contributed by atoms with Gasteiger partial charge in [0, 0.05) is 68.3 Å². The van der Waals surface area contributed by atoms with Gasteiger partial charge in [0.1, 0.15) is 5.82 Å². The van der Waals surface area contributed by atoms with Crippen LogP contribution in [0.15, 0.2) is 164 Å². The topological polar surface area (TPSA) is 56.5 Å². The molecule has 0 saturated carbocycles. The summed E-state index contributed by atoms with van der Waals surface area (Å²) in [6.07, 6.45) is 0. The molecule has 0 aliphatic rings. The average molecular weight is 714 g/mol. The van der Waals surface area contributed by atoms with Crippen molar-refractivity contribution in [3.63, 3.8) is 0 Å². The van der Waals surface area contributed by atoms with E-state index in [1.807, 2.05) is 30.3 Å². The van der Waals surface area contributed by atoms with E-state index in [1.165, 1.54) is 35.6 Å². The molecule has 248 valence electrons. The van der Waals surface area contributed by atoms with Crippen LogP contribution in [0, 0.1) is 0 Å². The number of fused-ring (bicyclic) bond motifs is 7. The van der Waals surface area contributed by atoms with E-state index in [1.54, 1.807) is 22.7 Å². The number of imidazole rings is 1. The summed E-state index contributed by atoms with van der Waals surface area (Å²) in [7, 11) is 0. The maximum absolute atomic E-state index is 5.19. The summed E-state index contributed by atoms with van der Waals surface area (Å²) in [5.41, 5.74) is 7.11. The van der Waals surface area contributed by atoms with Crippen molar-refractivity contribution in [1.29, 1.82) is 0 Å². The van der Waals surface area contributed by atoms with Crippen LogP contribution in [-0.4, -0.2) is 24.5 Å². The second-order valence-corrected chi connectivity index (χ2v) is 15.2. The highest BCUT2D eigenvalue weighted by Gasteiger charge is 2.19. The molecular formula is C46H27N5S2. The lowest BCUT2D eigenvalue weighted by Crippen LogP contribution is -2.00. The van der Waals surface area contributed by atoms with E-state index in [0.29, 0.717) is 17.5 Å². The van der Waals surface area contributed by atoms with Gasteiger partial charge in [-0.2, -0.15) is 0 Å². The van der Waals surface area contributed by atoms with Crippen LogP contribution in [0.25, 0.3) is 103 Å². The van der Waals surface area contributed by atoms with Crippen LogP contribution in [0.1, 0.15) is 0 Å². The Balaban J connectivity index is 1.09. The molecule has 0 saturated heterocycles. The molecule has 11 aromatic rings. The summed E-state index contributed by atoms with van der Waals surface area (Å²) in [4.78, 5) is 20.5. The van der Waals surface area contributed by atoms with Gasteiger partial charge >= 0.3 is 0 Å². The quantitative estimate of drug-likeness (QED) is 0.178. The minimum atomic E-state index is 0.655. The van der Waals surface area contributed by atoms with Crippen LogP contribution in [0.5, 0.6) is 0 Å². The third-order valence-electron chi connectivity index (χ3n) is 9.88. The van der Waals surface area contributed by atoms with Gasteiger partial charge in [-0.05, 0) is 60.7 Å². The van der Waals surface area contributed by atoms with Gasteiger partial charge in [-0.25, -0.2) is 19.9 Å². The first-order valence-electron chi connectivity index (χ1n) is 17.5. The molecule has 0 radical (unpaired) electrons. The maximum Gasteiger partial charge on any atom is 0.165 e. The predicted molar refractivity (Wildman–Crippen MR) is 222 cm³/mol. The van der Waals surface area contributed by atoms with Gasteiger partial charge < -0.3 is 0 Å². The molecule has 4 heterocycles. The third kappa shape index (κ3) is 4.97. The summed E-state index contributed by atoms with van der Waals surface area (Å²) >= 11 is 3.57. The highest BCUT2D eigenvalue weighted by Crippen LogP contribution is 2.42. The number of hydrogen-bond donors (Lipinski definition) is 0. The normalized spacial score (nSPS) is 11.8. The molecule has 0 bridgehead atoms. The molecule has 0 N–H and O–H groups in total. The molecule has 5 nitrogen and oxygen atoms in total. The smallest absolute Gasteiger partial charge is 0.165 e. The fourth-order valence-corrected chi connectivity index (χ4v) is 9.72. The Bertz CT molecular complexity index is 3180. The largest absolute Gasteiger partial charge is 0.292 e. The molecule has 7 heteroatoms. The van der Waals surface area contributed by atoms with Crippen molar-refractivity contribution in [2.24, 2.45) is 0 Å². The molecular weight excluding hydrogens is 687 g/mol. The molecule has 53 heavy (non-hydrogen) atoms. The molecule has 0 unspecified atom stereocenters. The second-order valence-electron chi connectivity index (χ2n) is 13.1. The van der Waals surface area contributed by atoms with Crippen LogP contribution in [-0.2, 0) is 0 Å². The van der Waals surface area contributed by atoms with Crippen LogP contribution < -0.4 is 0 Å². The first-order valence-corrected chi connectivity index (χ1v) is 19.1. The van der Waals surface area contributed by atoms with E-state index in [2.05, 4.69) is 138 Å². The van der Waals surface area contributed by atoms with Gasteiger partial charge in [0.2, 0.25) is 0 Å². The Hall–Kier alpha value is -6.54. The van der Waals surface area contributed by atoms with Crippen LogP contribution in [0.4, 0.5) is 0 Å². The minimum absolute atomic E-state index is 0.655. The van der Waals surface area contributed by atoms with E-state index < -0.39 is 0 Å². The van der Waals surface area contributed by atoms with Gasteiger partial charge in [-0.1, -0.05) is 103 Å². The molecule has 7 aromatic carbocycles. The van der Waals surface area contributed by atoms with Crippen molar-refractivity contribution in [3.05, 3.63) is 164 Å². The average Bonchev–Trinajstić information content (AvgIpc) is 3.92. The van der Waals surface area contributed by atoms with E-state index in [0.717, 1.165) is 49.5 Å². The number of hydrogen-bond acceptors (Lipinski definition) is 6. The van der Waals surface area contributed by atoms with E-state index in [4.69, 9.17) is 19.9 Å². The molecule has 0 aliphatic carbocycles. The van der Waals surface area contributed by atoms with Crippen LogP contribution in [0.3, 0.4) is 0 Å². The fourth-order valence-electron chi connectivity index (χ4n) is 7.38. The van der Waals surface area contributed by atoms with Gasteiger partial charge in [-0.3, -0.25) is 4.57 Å². The van der Waals surface area contributed by atoms with Crippen molar-refractivity contribution >= 4 is 74.1 Å². The van der Waals surface area contributed by atoms with Crippen LogP contribution >= 0.6 is 22.7 Å². The molecule has 0 atom stereocenters. The van der Waals surface area contributed by atoms with Crippen molar-refractivity contribution in [2.75, 3.05) is 0 Å². The molecule has 0 fully saturated rings. The first kappa shape index (κ1) is 30.1.